The van der Waals surface area contributed by atoms with Crippen LogP contribution >= 0.6 is 34.4 Å². The largest absolute Gasteiger partial charge is 0.365 e. The van der Waals surface area contributed by atoms with Gasteiger partial charge in [0.15, 0.2) is 0 Å². The van der Waals surface area contributed by atoms with Gasteiger partial charge in [0.25, 0.3) is 5.91 Å². The molecular weight excluding hydrogens is 388 g/mol. The third-order valence-electron chi connectivity index (χ3n) is 3.87. The molecule has 9 heteroatoms. The number of carbonyl (C=O) groups excluding carboxylic acids is 2. The molecule has 6 nitrogen and oxygen atoms in total. The van der Waals surface area contributed by atoms with Crippen molar-refractivity contribution in [2.45, 2.75) is 32.2 Å². The lowest BCUT2D eigenvalue weighted by molar-refractivity contribution is -0.115. The standard InChI is InChI=1S/C17H18N4O2S3/c1-8-6-11-15(19-7-20-16(11)25-8)24-5-4-12(22)21-17-13(14(18)23)9(2)10(3)26-17/h6-7H,4-5H2,1-3H3,(H2,18,23)(H,21,22). The number of thioether (sulfide) groups is 1. The zero-order chi connectivity index (χ0) is 18.8. The van der Waals surface area contributed by atoms with Gasteiger partial charge in [-0.3, -0.25) is 9.59 Å². The molecule has 0 radical (unpaired) electrons. The number of thiophene rings is 2. The van der Waals surface area contributed by atoms with E-state index >= 15 is 0 Å². The van der Waals surface area contributed by atoms with Gasteiger partial charge in [-0.25, -0.2) is 9.97 Å². The Morgan fingerprint density at radius 2 is 2.00 bits per heavy atom. The molecule has 136 valence electrons. The molecule has 0 saturated heterocycles. The third-order valence-corrected chi connectivity index (χ3v) is 6.96. The number of aromatic nitrogens is 2. The molecule has 3 heterocycles. The Balaban J connectivity index is 1.63. The van der Waals surface area contributed by atoms with Crippen molar-refractivity contribution in [1.82, 2.24) is 9.97 Å². The van der Waals surface area contributed by atoms with Gasteiger partial charge < -0.3 is 11.1 Å². The summed E-state index contributed by atoms with van der Waals surface area (Å²) in [4.78, 5) is 35.6. The van der Waals surface area contributed by atoms with Crippen LogP contribution in [0.4, 0.5) is 5.00 Å². The van der Waals surface area contributed by atoms with E-state index in [4.69, 9.17) is 5.73 Å². The number of hydrogen-bond acceptors (Lipinski definition) is 7. The van der Waals surface area contributed by atoms with Crippen LogP contribution in [0.3, 0.4) is 0 Å². The molecule has 0 atom stereocenters. The lowest BCUT2D eigenvalue weighted by atomic mass is 10.1. The van der Waals surface area contributed by atoms with Gasteiger partial charge in [-0.2, -0.15) is 0 Å². The molecule has 3 rings (SSSR count). The average Bonchev–Trinajstić information content (AvgIpc) is 3.07. The molecule has 3 aromatic heterocycles. The number of rotatable bonds is 6. The lowest BCUT2D eigenvalue weighted by Gasteiger charge is -2.05. The first kappa shape index (κ1) is 18.8. The van der Waals surface area contributed by atoms with E-state index in [2.05, 4.69) is 21.4 Å². The summed E-state index contributed by atoms with van der Waals surface area (Å²) < 4.78 is 0. The minimum Gasteiger partial charge on any atom is -0.365 e. The Bertz CT molecular complexity index is 993. The van der Waals surface area contributed by atoms with Crippen molar-refractivity contribution >= 4 is 61.5 Å². The number of anilines is 1. The molecule has 26 heavy (non-hydrogen) atoms. The summed E-state index contributed by atoms with van der Waals surface area (Å²) in [7, 11) is 0. The van der Waals surface area contributed by atoms with E-state index in [1.54, 1.807) is 17.7 Å². The van der Waals surface area contributed by atoms with Crippen molar-refractivity contribution in [1.29, 1.82) is 0 Å². The minimum absolute atomic E-state index is 0.145. The maximum atomic E-state index is 12.3. The summed E-state index contributed by atoms with van der Waals surface area (Å²) in [5.74, 6) is -0.0805. The number of fused-ring (bicyclic) bond motifs is 1. The molecule has 0 aromatic carbocycles. The Morgan fingerprint density at radius 1 is 1.23 bits per heavy atom. The number of carbonyl (C=O) groups is 2. The first-order valence-electron chi connectivity index (χ1n) is 7.90. The average molecular weight is 407 g/mol. The summed E-state index contributed by atoms with van der Waals surface area (Å²) >= 11 is 4.53. The quantitative estimate of drug-likeness (QED) is 0.478. The van der Waals surface area contributed by atoms with E-state index in [0.717, 1.165) is 25.7 Å². The van der Waals surface area contributed by atoms with Crippen molar-refractivity contribution < 1.29 is 9.59 Å². The van der Waals surface area contributed by atoms with Crippen molar-refractivity contribution in [2.75, 3.05) is 11.1 Å². The van der Waals surface area contributed by atoms with E-state index in [1.165, 1.54) is 28.0 Å². The number of nitrogens with two attached hydrogens (primary N) is 1. The van der Waals surface area contributed by atoms with Gasteiger partial charge in [0.05, 0.1) is 5.56 Å². The molecule has 2 amide bonds. The topological polar surface area (TPSA) is 98.0 Å². The predicted octanol–water partition coefficient (Wildman–Crippen LogP) is 3.90. The van der Waals surface area contributed by atoms with Crippen molar-refractivity contribution in [3.05, 3.63) is 33.3 Å². The number of nitrogens with zero attached hydrogens (tertiary/aromatic N) is 2. The molecule has 0 aliphatic heterocycles. The van der Waals surface area contributed by atoms with E-state index < -0.39 is 5.91 Å². The van der Waals surface area contributed by atoms with Gasteiger partial charge in [-0.1, -0.05) is 0 Å². The number of amides is 2. The molecule has 0 unspecified atom stereocenters. The van der Waals surface area contributed by atoms with Crippen LogP contribution in [0.15, 0.2) is 17.4 Å². The maximum Gasteiger partial charge on any atom is 0.251 e. The first-order chi connectivity index (χ1) is 12.4. The van der Waals surface area contributed by atoms with Crippen molar-refractivity contribution in [3.8, 4) is 0 Å². The Hall–Kier alpha value is -1.97. The van der Waals surface area contributed by atoms with Crippen LogP contribution in [0.1, 0.15) is 32.1 Å². The second-order valence-electron chi connectivity index (χ2n) is 5.75. The second-order valence-corrected chi connectivity index (χ2v) is 9.30. The van der Waals surface area contributed by atoms with Crippen LogP contribution in [-0.4, -0.2) is 27.5 Å². The fourth-order valence-corrected chi connectivity index (χ4v) is 5.42. The Morgan fingerprint density at radius 3 is 2.73 bits per heavy atom. The summed E-state index contributed by atoms with van der Waals surface area (Å²) in [6.45, 7) is 5.78. The molecule has 0 aliphatic rings. The fourth-order valence-electron chi connectivity index (χ4n) is 2.51. The number of hydrogen-bond donors (Lipinski definition) is 2. The van der Waals surface area contributed by atoms with Crippen molar-refractivity contribution in [2.24, 2.45) is 5.73 Å². The van der Waals surface area contributed by atoms with E-state index in [1.807, 2.05) is 20.8 Å². The third kappa shape index (κ3) is 3.89. The highest BCUT2D eigenvalue weighted by Gasteiger charge is 2.19. The fraction of sp³-hybridized carbons (Fsp3) is 0.294. The molecular formula is C17H18N4O2S3. The smallest absolute Gasteiger partial charge is 0.251 e. The van der Waals surface area contributed by atoms with Gasteiger partial charge in [-0.15, -0.1) is 34.4 Å². The van der Waals surface area contributed by atoms with E-state index in [-0.39, 0.29) is 5.91 Å². The van der Waals surface area contributed by atoms with Crippen LogP contribution < -0.4 is 11.1 Å². The van der Waals surface area contributed by atoms with Crippen LogP contribution in [0, 0.1) is 20.8 Å². The second kappa shape index (κ2) is 7.73. The molecule has 0 aliphatic carbocycles. The highest BCUT2D eigenvalue weighted by molar-refractivity contribution is 7.99. The lowest BCUT2D eigenvalue weighted by Crippen LogP contribution is -2.17. The minimum atomic E-state index is -0.521. The summed E-state index contributed by atoms with van der Waals surface area (Å²) in [6.07, 6.45) is 1.87. The van der Waals surface area contributed by atoms with Gasteiger partial charge in [0, 0.05) is 27.3 Å². The molecule has 0 fully saturated rings. The summed E-state index contributed by atoms with van der Waals surface area (Å²) in [5.41, 5.74) is 6.66. The monoisotopic (exact) mass is 406 g/mol. The molecule has 0 bridgehead atoms. The van der Waals surface area contributed by atoms with Crippen LogP contribution in [-0.2, 0) is 4.79 Å². The zero-order valence-corrected chi connectivity index (χ0v) is 17.0. The number of nitrogens with one attached hydrogen (secondary N) is 1. The first-order valence-corrected chi connectivity index (χ1v) is 10.5. The van der Waals surface area contributed by atoms with Crippen molar-refractivity contribution in [3.63, 3.8) is 0 Å². The molecule has 0 saturated carbocycles. The molecule has 0 spiro atoms. The molecule has 3 N–H and O–H groups in total. The van der Waals surface area contributed by atoms with Gasteiger partial charge >= 0.3 is 0 Å². The Kier molecular flexibility index (Phi) is 5.59. The van der Waals surface area contributed by atoms with Crippen LogP contribution in [0.5, 0.6) is 0 Å². The predicted molar refractivity (Wildman–Crippen MR) is 108 cm³/mol. The van der Waals surface area contributed by atoms with Gasteiger partial charge in [0.1, 0.15) is 21.2 Å². The SMILES string of the molecule is Cc1cc2c(SCCC(=O)Nc3sc(C)c(C)c3C(N)=O)ncnc2s1. The molecule has 3 aromatic rings. The highest BCUT2D eigenvalue weighted by atomic mass is 32.2. The Labute approximate surface area is 163 Å². The van der Waals surface area contributed by atoms with Crippen LogP contribution in [0.25, 0.3) is 10.2 Å². The summed E-state index contributed by atoms with van der Waals surface area (Å²) in [5, 5.41) is 5.25. The summed E-state index contributed by atoms with van der Waals surface area (Å²) in [6, 6.07) is 2.07. The van der Waals surface area contributed by atoms with Gasteiger partial charge in [0.2, 0.25) is 5.91 Å². The number of aryl methyl sites for hydroxylation is 2. The van der Waals surface area contributed by atoms with Gasteiger partial charge in [-0.05, 0) is 32.4 Å². The highest BCUT2D eigenvalue weighted by Crippen LogP contribution is 2.33. The zero-order valence-electron chi connectivity index (χ0n) is 14.6. The maximum absolute atomic E-state index is 12.3. The van der Waals surface area contributed by atoms with E-state index in [0.29, 0.717) is 22.7 Å². The van der Waals surface area contributed by atoms with E-state index in [9.17, 15) is 9.59 Å². The normalized spacial score (nSPS) is 11.0. The van der Waals surface area contributed by atoms with Crippen LogP contribution in [0.2, 0.25) is 0 Å². The number of primary amides is 1.